The van der Waals surface area contributed by atoms with Crippen LogP contribution in [-0.4, -0.2) is 25.4 Å². The van der Waals surface area contributed by atoms with Crippen molar-refractivity contribution in [2.45, 2.75) is 32.4 Å². The number of ether oxygens (including phenoxy) is 2. The summed E-state index contributed by atoms with van der Waals surface area (Å²) in [5, 5.41) is 16.6. The zero-order valence-electron chi connectivity index (χ0n) is 16.2. The largest absolute Gasteiger partial charge is 0.507 e. The third-order valence-corrected chi connectivity index (χ3v) is 5.50. The molecule has 2 N–H and O–H groups in total. The van der Waals surface area contributed by atoms with Crippen LogP contribution in [0.2, 0.25) is 0 Å². The van der Waals surface area contributed by atoms with Crippen molar-refractivity contribution in [3.8, 4) is 28.4 Å². The van der Waals surface area contributed by atoms with Crippen LogP contribution >= 0.6 is 0 Å². The average molecular weight is 363 g/mol. The maximum atomic E-state index is 11.2. The Balaban J connectivity index is 1.98. The molecular formula is C23H25NO3. The van der Waals surface area contributed by atoms with Crippen molar-refractivity contribution in [1.82, 2.24) is 5.32 Å². The van der Waals surface area contributed by atoms with Crippen LogP contribution in [0.4, 0.5) is 0 Å². The molecule has 3 aromatic rings. The van der Waals surface area contributed by atoms with Crippen LogP contribution < -0.4 is 14.8 Å². The molecule has 0 saturated heterocycles. The van der Waals surface area contributed by atoms with E-state index in [4.69, 9.17) is 9.47 Å². The van der Waals surface area contributed by atoms with Crippen molar-refractivity contribution in [2.24, 2.45) is 0 Å². The molecule has 1 aliphatic rings. The van der Waals surface area contributed by atoms with E-state index in [-0.39, 0.29) is 6.04 Å². The van der Waals surface area contributed by atoms with E-state index in [1.54, 1.807) is 14.2 Å². The summed E-state index contributed by atoms with van der Waals surface area (Å²) in [4.78, 5) is 0. The highest BCUT2D eigenvalue weighted by molar-refractivity contribution is 6.04. The number of nitrogens with one attached hydrogen (secondary N) is 1. The Kier molecular flexibility index (Phi) is 4.44. The van der Waals surface area contributed by atoms with E-state index in [0.717, 1.165) is 45.4 Å². The first-order valence-corrected chi connectivity index (χ1v) is 9.30. The quantitative estimate of drug-likeness (QED) is 0.700. The minimum absolute atomic E-state index is 0.114. The fourth-order valence-corrected chi connectivity index (χ4v) is 4.34. The van der Waals surface area contributed by atoms with Gasteiger partial charge in [-0.1, -0.05) is 24.3 Å². The van der Waals surface area contributed by atoms with Crippen molar-refractivity contribution in [3.05, 3.63) is 53.6 Å². The molecule has 1 aliphatic heterocycles. The van der Waals surface area contributed by atoms with Gasteiger partial charge >= 0.3 is 0 Å². The molecule has 0 saturated carbocycles. The van der Waals surface area contributed by atoms with Gasteiger partial charge in [0.15, 0.2) is 0 Å². The number of benzene rings is 3. The maximum absolute atomic E-state index is 11.2. The number of rotatable bonds is 3. The second-order valence-corrected chi connectivity index (χ2v) is 7.23. The highest BCUT2D eigenvalue weighted by atomic mass is 16.5. The van der Waals surface area contributed by atoms with Crippen molar-refractivity contribution >= 4 is 10.8 Å². The Hall–Kier alpha value is -2.72. The molecule has 1 heterocycles. The van der Waals surface area contributed by atoms with E-state index in [0.29, 0.717) is 11.8 Å². The van der Waals surface area contributed by atoms with Crippen LogP contribution in [0, 0.1) is 0 Å². The first-order chi connectivity index (χ1) is 13.0. The standard InChI is InChI=1S/C23H25NO3/c1-13-12-15-8-9-18(23(25)21(15)14(2)24-13)16-10-11-20(27-4)22-17(16)6-5-7-19(22)26-3/h5-11,13-14,24-25H,12H2,1-4H3/t13-,14-/m1/s1. The summed E-state index contributed by atoms with van der Waals surface area (Å²) < 4.78 is 11.1. The smallest absolute Gasteiger partial charge is 0.130 e. The Morgan fingerprint density at radius 2 is 1.63 bits per heavy atom. The monoisotopic (exact) mass is 363 g/mol. The van der Waals surface area contributed by atoms with Crippen LogP contribution in [0.1, 0.15) is 31.0 Å². The number of phenols is 1. The van der Waals surface area contributed by atoms with Crippen LogP contribution in [0.3, 0.4) is 0 Å². The van der Waals surface area contributed by atoms with Crippen LogP contribution in [0.5, 0.6) is 17.2 Å². The molecule has 4 rings (SSSR count). The highest BCUT2D eigenvalue weighted by Gasteiger charge is 2.26. The second kappa shape index (κ2) is 6.78. The van der Waals surface area contributed by atoms with Gasteiger partial charge in [0.2, 0.25) is 0 Å². The fraction of sp³-hybridized carbons (Fsp3) is 0.304. The molecule has 0 fully saturated rings. The minimum Gasteiger partial charge on any atom is -0.507 e. The van der Waals surface area contributed by atoms with Gasteiger partial charge in [-0.3, -0.25) is 0 Å². The zero-order valence-corrected chi connectivity index (χ0v) is 16.2. The lowest BCUT2D eigenvalue weighted by Gasteiger charge is -2.30. The SMILES string of the molecule is COc1cccc2c(-c3ccc4c(c3O)[C@@H](C)N[C@H](C)C4)ccc(OC)c12. The molecule has 0 unspecified atom stereocenters. The lowest BCUT2D eigenvalue weighted by molar-refractivity contribution is 0.405. The van der Waals surface area contributed by atoms with Gasteiger partial charge in [0.1, 0.15) is 17.2 Å². The van der Waals surface area contributed by atoms with Gasteiger partial charge in [-0.25, -0.2) is 0 Å². The number of aromatic hydroxyl groups is 1. The van der Waals surface area contributed by atoms with Crippen LogP contribution in [0.15, 0.2) is 42.5 Å². The van der Waals surface area contributed by atoms with E-state index >= 15 is 0 Å². The molecular weight excluding hydrogens is 338 g/mol. The Bertz CT molecular complexity index is 1000. The predicted octanol–water partition coefficient (Wildman–Crippen LogP) is 4.82. The molecule has 140 valence electrons. The summed E-state index contributed by atoms with van der Waals surface area (Å²) in [6.45, 7) is 4.28. The van der Waals surface area contributed by atoms with Crippen molar-refractivity contribution in [2.75, 3.05) is 14.2 Å². The topological polar surface area (TPSA) is 50.7 Å². The number of methoxy groups -OCH3 is 2. The molecule has 4 heteroatoms. The Labute approximate surface area is 159 Å². The van der Waals surface area contributed by atoms with E-state index in [1.165, 1.54) is 5.56 Å². The number of fused-ring (bicyclic) bond motifs is 2. The first-order valence-electron chi connectivity index (χ1n) is 9.30. The first kappa shape index (κ1) is 17.7. The molecule has 0 aliphatic carbocycles. The summed E-state index contributed by atoms with van der Waals surface area (Å²) in [7, 11) is 3.32. The Morgan fingerprint density at radius 3 is 2.37 bits per heavy atom. The molecule has 0 bridgehead atoms. The average Bonchev–Trinajstić information content (AvgIpc) is 2.66. The van der Waals surface area contributed by atoms with Gasteiger partial charge in [-0.15, -0.1) is 0 Å². The van der Waals surface area contributed by atoms with Gasteiger partial charge < -0.3 is 19.9 Å². The molecule has 0 amide bonds. The minimum atomic E-state index is 0.114. The van der Waals surface area contributed by atoms with Gasteiger partial charge in [0.25, 0.3) is 0 Å². The van der Waals surface area contributed by atoms with E-state index in [2.05, 4.69) is 25.2 Å². The van der Waals surface area contributed by atoms with Gasteiger partial charge in [-0.2, -0.15) is 0 Å². The molecule has 0 radical (unpaired) electrons. The van der Waals surface area contributed by atoms with E-state index in [9.17, 15) is 5.11 Å². The molecule has 3 aromatic carbocycles. The van der Waals surface area contributed by atoms with Crippen molar-refractivity contribution in [3.63, 3.8) is 0 Å². The second-order valence-electron chi connectivity index (χ2n) is 7.23. The van der Waals surface area contributed by atoms with Crippen molar-refractivity contribution < 1.29 is 14.6 Å². The normalized spacial score (nSPS) is 19.0. The lowest BCUT2D eigenvalue weighted by Crippen LogP contribution is -2.36. The summed E-state index contributed by atoms with van der Waals surface area (Å²) >= 11 is 0. The molecule has 0 spiro atoms. The van der Waals surface area contributed by atoms with Gasteiger partial charge in [0.05, 0.1) is 19.6 Å². The fourth-order valence-electron chi connectivity index (χ4n) is 4.34. The lowest BCUT2D eigenvalue weighted by atomic mass is 9.86. The van der Waals surface area contributed by atoms with E-state index < -0.39 is 0 Å². The molecule has 2 atom stereocenters. The van der Waals surface area contributed by atoms with Gasteiger partial charge in [-0.05, 0) is 55.0 Å². The molecule has 0 aromatic heterocycles. The maximum Gasteiger partial charge on any atom is 0.130 e. The Morgan fingerprint density at radius 1 is 0.926 bits per heavy atom. The van der Waals surface area contributed by atoms with Gasteiger partial charge in [0, 0.05) is 23.2 Å². The summed E-state index contributed by atoms with van der Waals surface area (Å²) in [5.74, 6) is 1.87. The molecule has 27 heavy (non-hydrogen) atoms. The van der Waals surface area contributed by atoms with Crippen molar-refractivity contribution in [1.29, 1.82) is 0 Å². The highest BCUT2D eigenvalue weighted by Crippen LogP contribution is 2.45. The molecule has 4 nitrogen and oxygen atoms in total. The third kappa shape index (κ3) is 2.81. The van der Waals surface area contributed by atoms with Crippen LogP contribution in [0.25, 0.3) is 21.9 Å². The van der Waals surface area contributed by atoms with E-state index in [1.807, 2.05) is 36.4 Å². The summed E-state index contributed by atoms with van der Waals surface area (Å²) in [5.41, 5.74) is 4.01. The number of hydrogen-bond acceptors (Lipinski definition) is 4. The predicted molar refractivity (Wildman–Crippen MR) is 109 cm³/mol. The summed E-state index contributed by atoms with van der Waals surface area (Å²) in [6, 6.07) is 14.6. The summed E-state index contributed by atoms with van der Waals surface area (Å²) in [6.07, 6.45) is 0.921. The third-order valence-electron chi connectivity index (χ3n) is 5.50. The number of phenolic OH excluding ortho intramolecular Hbond substituents is 1. The zero-order chi connectivity index (χ0) is 19.1. The van der Waals surface area contributed by atoms with Crippen LogP contribution in [-0.2, 0) is 6.42 Å². The number of hydrogen-bond donors (Lipinski definition) is 2.